The summed E-state index contributed by atoms with van der Waals surface area (Å²) in [7, 11) is 2.32. The van der Waals surface area contributed by atoms with Crippen molar-refractivity contribution in [1.29, 1.82) is 0 Å². The van der Waals surface area contributed by atoms with E-state index < -0.39 is 0 Å². The molecule has 1 N–H and O–H groups in total. The predicted octanol–water partition coefficient (Wildman–Crippen LogP) is 2.89. The van der Waals surface area contributed by atoms with E-state index in [0.29, 0.717) is 5.41 Å². The highest BCUT2D eigenvalue weighted by Gasteiger charge is 2.64. The molecule has 6 atom stereocenters. The van der Waals surface area contributed by atoms with E-state index in [4.69, 9.17) is 0 Å². The van der Waals surface area contributed by atoms with E-state index in [9.17, 15) is 0 Å². The molecule has 2 aliphatic carbocycles. The standard InChI is InChI=1S/C17H30N2/c1-12-9-13-11-15-14-5-3-7-19(2)8-4-6-17(13,14)16(10-12)18-15/h12-16,18H,3-11H2,1-2H3/t12-,13+,14-,15-,16+,17+/m1/s1. The Morgan fingerprint density at radius 3 is 2.79 bits per heavy atom. The first-order valence-electron chi connectivity index (χ1n) is 8.65. The predicted molar refractivity (Wildman–Crippen MR) is 79.1 cm³/mol. The van der Waals surface area contributed by atoms with Gasteiger partial charge in [0.15, 0.2) is 0 Å². The van der Waals surface area contributed by atoms with Crippen molar-refractivity contribution in [2.75, 3.05) is 20.1 Å². The van der Waals surface area contributed by atoms with E-state index in [-0.39, 0.29) is 0 Å². The molecule has 2 heterocycles. The normalized spacial score (nSPS) is 54.3. The highest BCUT2D eigenvalue weighted by Crippen LogP contribution is 2.64. The van der Waals surface area contributed by atoms with Gasteiger partial charge in [-0.05, 0) is 88.3 Å². The van der Waals surface area contributed by atoms with Crippen molar-refractivity contribution < 1.29 is 0 Å². The van der Waals surface area contributed by atoms with Crippen molar-refractivity contribution >= 4 is 0 Å². The molecule has 19 heavy (non-hydrogen) atoms. The van der Waals surface area contributed by atoms with Crippen molar-refractivity contribution in [2.24, 2.45) is 23.2 Å². The van der Waals surface area contributed by atoms with Crippen LogP contribution in [0.2, 0.25) is 0 Å². The van der Waals surface area contributed by atoms with Crippen molar-refractivity contribution in [1.82, 2.24) is 10.2 Å². The minimum atomic E-state index is 0.711. The zero-order chi connectivity index (χ0) is 13.0. The van der Waals surface area contributed by atoms with Gasteiger partial charge < -0.3 is 10.2 Å². The Labute approximate surface area is 118 Å². The Hall–Kier alpha value is -0.0800. The van der Waals surface area contributed by atoms with Gasteiger partial charge in [-0.3, -0.25) is 0 Å². The van der Waals surface area contributed by atoms with Crippen LogP contribution in [-0.2, 0) is 0 Å². The maximum atomic E-state index is 4.06. The number of nitrogens with zero attached hydrogens (tertiary/aromatic N) is 1. The van der Waals surface area contributed by atoms with Crippen LogP contribution in [0.4, 0.5) is 0 Å². The number of nitrogens with one attached hydrogen (secondary N) is 1. The maximum Gasteiger partial charge on any atom is 0.0135 e. The number of hydrogen-bond donors (Lipinski definition) is 1. The van der Waals surface area contributed by atoms with Gasteiger partial charge in [-0.25, -0.2) is 0 Å². The lowest BCUT2D eigenvalue weighted by atomic mass is 9.57. The summed E-state index contributed by atoms with van der Waals surface area (Å²) in [4.78, 5) is 2.57. The van der Waals surface area contributed by atoms with Crippen LogP contribution >= 0.6 is 0 Å². The van der Waals surface area contributed by atoms with Crippen molar-refractivity contribution in [3.05, 3.63) is 0 Å². The third-order valence-corrected chi connectivity index (χ3v) is 7.07. The smallest absolute Gasteiger partial charge is 0.0135 e. The van der Waals surface area contributed by atoms with E-state index in [1.54, 1.807) is 0 Å². The van der Waals surface area contributed by atoms with Gasteiger partial charge in [0.1, 0.15) is 0 Å². The minimum Gasteiger partial charge on any atom is -0.310 e. The average Bonchev–Trinajstić information content (AvgIpc) is 2.79. The molecule has 0 aromatic carbocycles. The van der Waals surface area contributed by atoms with Gasteiger partial charge in [-0.1, -0.05) is 6.92 Å². The van der Waals surface area contributed by atoms with Crippen LogP contribution in [0.5, 0.6) is 0 Å². The molecule has 4 rings (SSSR count). The summed E-state index contributed by atoms with van der Waals surface area (Å²) in [5.74, 6) is 3.03. The van der Waals surface area contributed by atoms with E-state index >= 15 is 0 Å². The highest BCUT2D eigenvalue weighted by molar-refractivity contribution is 5.18. The summed E-state index contributed by atoms with van der Waals surface area (Å²) in [6.07, 6.45) is 10.3. The van der Waals surface area contributed by atoms with Crippen LogP contribution in [0.1, 0.15) is 51.9 Å². The molecule has 2 aliphatic heterocycles. The van der Waals surface area contributed by atoms with E-state index in [2.05, 4.69) is 24.2 Å². The Bertz CT molecular complexity index is 337. The molecule has 2 bridgehead atoms. The summed E-state index contributed by atoms with van der Waals surface area (Å²) in [5.41, 5.74) is 0.711. The molecule has 4 fully saturated rings. The molecule has 2 saturated carbocycles. The molecule has 108 valence electrons. The minimum absolute atomic E-state index is 0.711. The number of piperidine rings is 1. The van der Waals surface area contributed by atoms with Gasteiger partial charge in [-0.15, -0.1) is 0 Å². The van der Waals surface area contributed by atoms with Crippen molar-refractivity contribution in [2.45, 2.75) is 64.0 Å². The first-order valence-corrected chi connectivity index (χ1v) is 8.65. The molecule has 2 heteroatoms. The molecule has 0 unspecified atom stereocenters. The van der Waals surface area contributed by atoms with Gasteiger partial charge in [0.05, 0.1) is 0 Å². The second-order valence-corrected chi connectivity index (χ2v) is 8.10. The third-order valence-electron chi connectivity index (χ3n) is 7.07. The molecule has 2 saturated heterocycles. The Morgan fingerprint density at radius 1 is 1.11 bits per heavy atom. The lowest BCUT2D eigenvalue weighted by Crippen LogP contribution is -2.52. The molecular weight excluding hydrogens is 232 g/mol. The van der Waals surface area contributed by atoms with Crippen LogP contribution in [0.15, 0.2) is 0 Å². The summed E-state index contributed by atoms with van der Waals surface area (Å²) < 4.78 is 0. The molecule has 0 aromatic heterocycles. The van der Waals surface area contributed by atoms with E-state index in [1.165, 1.54) is 58.0 Å². The first kappa shape index (κ1) is 12.6. The van der Waals surface area contributed by atoms with E-state index in [0.717, 1.165) is 29.8 Å². The summed E-state index contributed by atoms with van der Waals surface area (Å²) in [6, 6.07) is 1.75. The van der Waals surface area contributed by atoms with Crippen molar-refractivity contribution in [3.8, 4) is 0 Å². The van der Waals surface area contributed by atoms with Crippen LogP contribution in [0.25, 0.3) is 0 Å². The molecule has 0 radical (unpaired) electrons. The molecule has 1 spiro atoms. The number of rotatable bonds is 0. The fourth-order valence-electron chi connectivity index (χ4n) is 6.48. The Balaban J connectivity index is 1.64. The topological polar surface area (TPSA) is 15.3 Å². The largest absolute Gasteiger partial charge is 0.310 e. The fraction of sp³-hybridized carbons (Fsp3) is 1.00. The van der Waals surface area contributed by atoms with Crippen LogP contribution in [-0.4, -0.2) is 37.1 Å². The zero-order valence-corrected chi connectivity index (χ0v) is 12.7. The fourth-order valence-corrected chi connectivity index (χ4v) is 6.48. The second kappa shape index (κ2) is 4.46. The average molecular weight is 262 g/mol. The highest BCUT2D eigenvalue weighted by atomic mass is 15.1. The Morgan fingerprint density at radius 2 is 1.95 bits per heavy atom. The molecular formula is C17H30N2. The van der Waals surface area contributed by atoms with Crippen LogP contribution < -0.4 is 5.32 Å². The SMILES string of the molecule is C[C@@H]1C[C@H]2C[C@H]3N[C@@H](C1)[C@@]21CCCN(C)CCC[C@H]31. The summed E-state index contributed by atoms with van der Waals surface area (Å²) in [5, 5.41) is 4.06. The molecule has 4 aliphatic rings. The van der Waals surface area contributed by atoms with Gasteiger partial charge in [0.25, 0.3) is 0 Å². The third kappa shape index (κ3) is 1.75. The van der Waals surface area contributed by atoms with Gasteiger partial charge in [0.2, 0.25) is 0 Å². The quantitative estimate of drug-likeness (QED) is 0.722. The zero-order valence-electron chi connectivity index (χ0n) is 12.7. The van der Waals surface area contributed by atoms with Gasteiger partial charge in [-0.2, -0.15) is 0 Å². The molecule has 0 aromatic rings. The Kier molecular flexibility index (Phi) is 2.97. The lowest BCUT2D eigenvalue weighted by molar-refractivity contribution is 0.0226. The van der Waals surface area contributed by atoms with Crippen LogP contribution in [0.3, 0.4) is 0 Å². The van der Waals surface area contributed by atoms with Gasteiger partial charge in [0, 0.05) is 12.1 Å². The molecule has 2 nitrogen and oxygen atoms in total. The maximum absolute atomic E-state index is 4.06. The second-order valence-electron chi connectivity index (χ2n) is 8.10. The van der Waals surface area contributed by atoms with Gasteiger partial charge >= 0.3 is 0 Å². The van der Waals surface area contributed by atoms with E-state index in [1.807, 2.05) is 0 Å². The first-order chi connectivity index (χ1) is 9.20. The lowest BCUT2D eigenvalue weighted by Gasteiger charge is -2.49. The summed E-state index contributed by atoms with van der Waals surface area (Å²) in [6.45, 7) is 5.14. The van der Waals surface area contributed by atoms with Crippen molar-refractivity contribution in [3.63, 3.8) is 0 Å². The summed E-state index contributed by atoms with van der Waals surface area (Å²) >= 11 is 0. The van der Waals surface area contributed by atoms with Crippen LogP contribution in [0, 0.1) is 23.2 Å². The number of hydrogen-bond acceptors (Lipinski definition) is 2. The monoisotopic (exact) mass is 262 g/mol. The molecule has 0 amide bonds.